The lowest BCUT2D eigenvalue weighted by Crippen LogP contribution is -2.21. The molecule has 1 N–H and O–H groups in total. The number of benzene rings is 1. The number of hydrogen-bond acceptors (Lipinski definition) is 3. The average molecular weight is 313 g/mol. The normalized spacial score (nSPS) is 12.6. The Morgan fingerprint density at radius 3 is 3.06 bits per heavy atom. The number of hydrogen-bond donors (Lipinski definition) is 1. The van der Waals surface area contributed by atoms with Gasteiger partial charge in [0.1, 0.15) is 0 Å². The molecule has 0 aliphatic carbocycles. The number of anilines is 1. The molecule has 0 aliphatic rings. The van der Waals surface area contributed by atoms with Crippen LogP contribution in [0.25, 0.3) is 10.2 Å². The number of amides is 1. The maximum Gasteiger partial charge on any atom is 0.239 e. The van der Waals surface area contributed by atoms with Crippen LogP contribution in [-0.2, 0) is 4.79 Å². The van der Waals surface area contributed by atoms with Crippen LogP contribution in [0.1, 0.15) is 18.9 Å². The van der Waals surface area contributed by atoms with Crippen LogP contribution in [0.3, 0.4) is 0 Å². The molecule has 0 saturated heterocycles. The van der Waals surface area contributed by atoms with Gasteiger partial charge in [-0.25, -0.2) is 4.98 Å². The molecule has 5 heteroatoms. The Balaban J connectivity index is 2.22. The van der Waals surface area contributed by atoms with Crippen LogP contribution in [0.4, 0.5) is 5.13 Å². The van der Waals surface area contributed by atoms with Crippen molar-refractivity contribution in [3.63, 3.8) is 0 Å². The van der Waals surface area contributed by atoms with Crippen LogP contribution in [0, 0.1) is 6.92 Å². The van der Waals surface area contributed by atoms with E-state index in [2.05, 4.69) is 32.3 Å². The van der Waals surface area contributed by atoms with Crippen molar-refractivity contribution in [1.29, 1.82) is 0 Å². The SMILES string of the molecule is CCC(Br)C(=O)Nc1nc2ccc(C)cc2s1. The van der Waals surface area contributed by atoms with Crippen molar-refractivity contribution in [3.8, 4) is 0 Å². The molecule has 2 rings (SSSR count). The number of thiazole rings is 1. The molecule has 90 valence electrons. The topological polar surface area (TPSA) is 42.0 Å². The Bertz CT molecular complexity index is 552. The number of rotatable bonds is 3. The monoisotopic (exact) mass is 312 g/mol. The summed E-state index contributed by atoms with van der Waals surface area (Å²) in [4.78, 5) is 15.9. The number of aromatic nitrogens is 1. The molecule has 1 aromatic heterocycles. The van der Waals surface area contributed by atoms with E-state index in [0.29, 0.717) is 5.13 Å². The Kier molecular flexibility index (Phi) is 3.79. The number of nitrogens with one attached hydrogen (secondary N) is 1. The second kappa shape index (κ2) is 5.14. The molecule has 0 fully saturated rings. The van der Waals surface area contributed by atoms with E-state index in [9.17, 15) is 4.79 Å². The predicted molar refractivity (Wildman–Crippen MR) is 76.0 cm³/mol. The summed E-state index contributed by atoms with van der Waals surface area (Å²) in [6.45, 7) is 4.00. The van der Waals surface area contributed by atoms with Crippen LogP contribution < -0.4 is 5.32 Å². The molecule has 0 aliphatic heterocycles. The van der Waals surface area contributed by atoms with Gasteiger partial charge >= 0.3 is 0 Å². The van der Waals surface area contributed by atoms with Crippen LogP contribution in [0.2, 0.25) is 0 Å². The van der Waals surface area contributed by atoms with E-state index >= 15 is 0 Å². The lowest BCUT2D eigenvalue weighted by atomic mass is 10.2. The molecule has 2 aromatic rings. The summed E-state index contributed by atoms with van der Waals surface area (Å²) < 4.78 is 1.10. The highest BCUT2D eigenvalue weighted by molar-refractivity contribution is 9.10. The fourth-order valence-corrected chi connectivity index (χ4v) is 2.54. The Labute approximate surface area is 112 Å². The molecule has 0 spiro atoms. The summed E-state index contributed by atoms with van der Waals surface area (Å²) in [6.07, 6.45) is 0.760. The number of aryl methyl sites for hydroxylation is 1. The van der Waals surface area contributed by atoms with Crippen LogP contribution in [-0.4, -0.2) is 15.7 Å². The summed E-state index contributed by atoms with van der Waals surface area (Å²) >= 11 is 4.82. The van der Waals surface area contributed by atoms with Gasteiger partial charge in [0.2, 0.25) is 5.91 Å². The molecule has 1 amide bonds. The first-order chi connectivity index (χ1) is 8.10. The van der Waals surface area contributed by atoms with Crippen molar-refractivity contribution in [1.82, 2.24) is 4.98 Å². The molecule has 17 heavy (non-hydrogen) atoms. The first kappa shape index (κ1) is 12.5. The van der Waals surface area contributed by atoms with Gasteiger partial charge in [0.25, 0.3) is 0 Å². The zero-order valence-corrected chi connectivity index (χ0v) is 12.1. The molecule has 1 aromatic carbocycles. The second-order valence-electron chi connectivity index (χ2n) is 3.86. The third-order valence-corrected chi connectivity index (χ3v) is 4.41. The highest BCUT2D eigenvalue weighted by Crippen LogP contribution is 2.27. The molecular weight excluding hydrogens is 300 g/mol. The number of alkyl halides is 1. The maximum atomic E-state index is 11.7. The highest BCUT2D eigenvalue weighted by Gasteiger charge is 2.14. The molecule has 1 atom stereocenters. The molecule has 0 bridgehead atoms. The summed E-state index contributed by atoms with van der Waals surface area (Å²) in [5.74, 6) is -0.0386. The van der Waals surface area contributed by atoms with Gasteiger partial charge < -0.3 is 5.32 Å². The second-order valence-corrected chi connectivity index (χ2v) is 5.99. The van der Waals surface area contributed by atoms with Gasteiger partial charge in [-0.2, -0.15) is 0 Å². The quantitative estimate of drug-likeness (QED) is 0.878. The van der Waals surface area contributed by atoms with Gasteiger partial charge in [-0.15, -0.1) is 0 Å². The van der Waals surface area contributed by atoms with Crippen LogP contribution >= 0.6 is 27.3 Å². The Hall–Kier alpha value is -0.940. The number of carbonyl (C=O) groups is 1. The van der Waals surface area contributed by atoms with Gasteiger partial charge in [0.05, 0.1) is 15.0 Å². The van der Waals surface area contributed by atoms with Crippen molar-refractivity contribution in [2.75, 3.05) is 5.32 Å². The molecule has 0 radical (unpaired) electrons. The van der Waals surface area contributed by atoms with Gasteiger partial charge in [-0.1, -0.05) is 40.3 Å². The van der Waals surface area contributed by atoms with Gasteiger partial charge in [-0.05, 0) is 31.0 Å². The van der Waals surface area contributed by atoms with E-state index in [4.69, 9.17) is 0 Å². The lowest BCUT2D eigenvalue weighted by molar-refractivity contribution is -0.115. The van der Waals surface area contributed by atoms with E-state index < -0.39 is 0 Å². The molecule has 0 saturated carbocycles. The first-order valence-electron chi connectivity index (χ1n) is 5.42. The van der Waals surface area contributed by atoms with Gasteiger partial charge in [0.15, 0.2) is 5.13 Å². The number of halogens is 1. The zero-order valence-electron chi connectivity index (χ0n) is 9.66. The third-order valence-electron chi connectivity index (χ3n) is 2.42. The minimum absolute atomic E-state index is 0.0386. The van der Waals surface area contributed by atoms with Crippen molar-refractivity contribution in [3.05, 3.63) is 23.8 Å². The minimum atomic E-state index is -0.156. The summed E-state index contributed by atoms with van der Waals surface area (Å²) in [7, 11) is 0. The third kappa shape index (κ3) is 2.84. The number of nitrogens with zero attached hydrogens (tertiary/aromatic N) is 1. The van der Waals surface area contributed by atoms with E-state index in [1.165, 1.54) is 16.9 Å². The summed E-state index contributed by atoms with van der Waals surface area (Å²) in [5.41, 5.74) is 2.13. The largest absolute Gasteiger partial charge is 0.301 e. The van der Waals surface area contributed by atoms with Crippen LogP contribution in [0.5, 0.6) is 0 Å². The summed E-state index contributed by atoms with van der Waals surface area (Å²) in [6, 6.07) is 6.07. The Morgan fingerprint density at radius 2 is 2.35 bits per heavy atom. The molecule has 1 heterocycles. The van der Waals surface area contributed by atoms with Crippen molar-refractivity contribution in [2.24, 2.45) is 0 Å². The summed E-state index contributed by atoms with van der Waals surface area (Å²) in [5, 5.41) is 3.48. The first-order valence-corrected chi connectivity index (χ1v) is 7.15. The standard InChI is InChI=1S/C12H13BrN2OS/c1-3-8(13)11(16)15-12-14-9-5-4-7(2)6-10(9)17-12/h4-6,8H,3H2,1-2H3,(H,14,15,16). The average Bonchev–Trinajstić information content (AvgIpc) is 2.69. The zero-order chi connectivity index (χ0) is 12.4. The van der Waals surface area contributed by atoms with E-state index in [1.54, 1.807) is 0 Å². The van der Waals surface area contributed by atoms with E-state index in [1.807, 2.05) is 26.0 Å². The number of carbonyl (C=O) groups excluding carboxylic acids is 1. The minimum Gasteiger partial charge on any atom is -0.301 e. The van der Waals surface area contributed by atoms with E-state index in [-0.39, 0.29) is 10.7 Å². The maximum absolute atomic E-state index is 11.7. The fraction of sp³-hybridized carbons (Fsp3) is 0.333. The van der Waals surface area contributed by atoms with Gasteiger partial charge in [-0.3, -0.25) is 4.79 Å². The van der Waals surface area contributed by atoms with Crippen LogP contribution in [0.15, 0.2) is 18.2 Å². The molecular formula is C12H13BrN2OS. The highest BCUT2D eigenvalue weighted by atomic mass is 79.9. The Morgan fingerprint density at radius 1 is 1.59 bits per heavy atom. The van der Waals surface area contributed by atoms with Crippen molar-refractivity contribution >= 4 is 48.5 Å². The molecule has 3 nitrogen and oxygen atoms in total. The number of fused-ring (bicyclic) bond motifs is 1. The van der Waals surface area contributed by atoms with Gasteiger partial charge in [0, 0.05) is 0 Å². The van der Waals surface area contributed by atoms with E-state index in [0.717, 1.165) is 16.6 Å². The lowest BCUT2D eigenvalue weighted by Gasteiger charge is -2.04. The fourth-order valence-electron chi connectivity index (χ4n) is 1.45. The molecule has 1 unspecified atom stereocenters. The predicted octanol–water partition coefficient (Wildman–Crippen LogP) is 3.72. The van der Waals surface area contributed by atoms with Crippen molar-refractivity contribution < 1.29 is 4.79 Å². The smallest absolute Gasteiger partial charge is 0.239 e. The van der Waals surface area contributed by atoms with Crippen molar-refractivity contribution in [2.45, 2.75) is 25.1 Å².